The van der Waals surface area contributed by atoms with E-state index >= 15 is 0 Å². The Bertz CT molecular complexity index is 1300. The topological polar surface area (TPSA) is 14.2 Å². The van der Waals surface area contributed by atoms with E-state index in [0.29, 0.717) is 12.1 Å². The molecule has 2 nitrogen and oxygen atoms in total. The highest BCUT2D eigenvalue weighted by Gasteiger charge is 2.43. The van der Waals surface area contributed by atoms with Crippen LogP contribution in [0.4, 0.5) is 0 Å². The van der Waals surface area contributed by atoms with Crippen LogP contribution in [-0.2, 0) is 10.8 Å². The number of benzene rings is 2. The van der Waals surface area contributed by atoms with Crippen molar-refractivity contribution in [2.24, 2.45) is 0 Å². The predicted molar refractivity (Wildman–Crippen MR) is 159 cm³/mol. The molecule has 0 N–H and O–H groups in total. The number of hydrogen-bond acceptors (Lipinski definition) is 1. The molecule has 0 amide bonds. The summed E-state index contributed by atoms with van der Waals surface area (Å²) in [5, 5.41) is 1.42. The zero-order valence-corrected chi connectivity index (χ0v) is 24.7. The van der Waals surface area contributed by atoms with E-state index in [1.165, 1.54) is 38.8 Å². The third-order valence-electron chi connectivity index (χ3n) is 7.65. The van der Waals surface area contributed by atoms with E-state index in [0.717, 1.165) is 5.75 Å². The van der Waals surface area contributed by atoms with Gasteiger partial charge in [-0.1, -0.05) is 103 Å². The van der Waals surface area contributed by atoms with Crippen molar-refractivity contribution in [1.29, 1.82) is 0 Å². The average molecular weight is 498 g/mol. The molecule has 0 radical (unpaired) electrons. The Kier molecular flexibility index (Phi) is 6.76. The van der Waals surface area contributed by atoms with E-state index in [-0.39, 0.29) is 10.8 Å². The highest BCUT2D eigenvalue weighted by Crippen LogP contribution is 2.45. The minimum Gasteiger partial charge on any atom is -0.489 e. The maximum atomic E-state index is 6.55. The van der Waals surface area contributed by atoms with Crippen molar-refractivity contribution in [3.05, 3.63) is 95.3 Å². The van der Waals surface area contributed by atoms with Crippen molar-refractivity contribution in [3.63, 3.8) is 0 Å². The maximum absolute atomic E-state index is 6.55. The van der Waals surface area contributed by atoms with Crippen molar-refractivity contribution in [3.8, 4) is 11.4 Å². The van der Waals surface area contributed by atoms with Crippen LogP contribution in [0, 0.1) is 0 Å². The summed E-state index contributed by atoms with van der Waals surface area (Å²) in [5.74, 6) is 1.08. The van der Waals surface area contributed by atoms with Gasteiger partial charge in [0.15, 0.2) is 0 Å². The van der Waals surface area contributed by atoms with E-state index in [9.17, 15) is 0 Å². The number of nitrogens with zero attached hydrogens (tertiary/aromatic N) is 1. The van der Waals surface area contributed by atoms with Crippen molar-refractivity contribution in [2.75, 3.05) is 6.61 Å². The first kappa shape index (κ1) is 26.3. The molecule has 0 aliphatic heterocycles. The fraction of sp³-hybridized carbons (Fsp3) is 0.394. The van der Waals surface area contributed by atoms with Gasteiger partial charge in [-0.05, 0) is 63.9 Å². The Labute approximate surface area is 219 Å². The Balaban J connectivity index is 1.93. The van der Waals surface area contributed by atoms with Crippen LogP contribution in [0.5, 0.6) is 5.75 Å². The van der Waals surface area contributed by atoms with Gasteiger partial charge in [-0.25, -0.2) is 0 Å². The SMILES string of the molecule is C=CCOc1c(C(C)(C)C)cc(C(C)(C)C)cc1[Si](C)(C)C1C(C)=Cc2c1ccn2-c1ccccc1. The lowest BCUT2D eigenvalue weighted by atomic mass is 9.80. The fourth-order valence-electron chi connectivity index (χ4n) is 5.72. The molecule has 190 valence electrons. The number of rotatable bonds is 6. The molecule has 1 aliphatic rings. The van der Waals surface area contributed by atoms with Gasteiger partial charge in [-0.3, -0.25) is 0 Å². The molecule has 1 heterocycles. The Morgan fingerprint density at radius 2 is 1.64 bits per heavy atom. The second kappa shape index (κ2) is 9.26. The summed E-state index contributed by atoms with van der Waals surface area (Å²) >= 11 is 0. The zero-order valence-electron chi connectivity index (χ0n) is 23.7. The Morgan fingerprint density at radius 1 is 0.972 bits per heavy atom. The molecule has 0 saturated heterocycles. The van der Waals surface area contributed by atoms with Crippen LogP contribution in [0.1, 0.15) is 76.4 Å². The summed E-state index contributed by atoms with van der Waals surface area (Å²) in [7, 11) is -2.10. The Morgan fingerprint density at radius 3 is 2.22 bits per heavy atom. The summed E-state index contributed by atoms with van der Waals surface area (Å²) in [4.78, 5) is 0. The van der Waals surface area contributed by atoms with Gasteiger partial charge in [0.1, 0.15) is 12.4 Å². The first-order valence-electron chi connectivity index (χ1n) is 13.1. The first-order chi connectivity index (χ1) is 16.8. The zero-order chi connectivity index (χ0) is 26.5. The minimum absolute atomic E-state index is 0.0284. The second-order valence-electron chi connectivity index (χ2n) is 12.9. The molecule has 2 aromatic carbocycles. The first-order valence-corrected chi connectivity index (χ1v) is 16.2. The van der Waals surface area contributed by atoms with E-state index in [1.54, 1.807) is 0 Å². The van der Waals surface area contributed by atoms with Crippen molar-refractivity contribution < 1.29 is 4.74 Å². The maximum Gasteiger partial charge on any atom is 0.122 e. The van der Waals surface area contributed by atoms with Gasteiger partial charge >= 0.3 is 0 Å². The van der Waals surface area contributed by atoms with Gasteiger partial charge in [0.25, 0.3) is 0 Å². The van der Waals surface area contributed by atoms with Crippen LogP contribution in [0.2, 0.25) is 13.1 Å². The largest absolute Gasteiger partial charge is 0.489 e. The lowest BCUT2D eigenvalue weighted by Crippen LogP contribution is -2.49. The summed E-state index contributed by atoms with van der Waals surface area (Å²) < 4.78 is 8.89. The van der Waals surface area contributed by atoms with E-state index < -0.39 is 8.07 Å². The van der Waals surface area contributed by atoms with Gasteiger partial charge in [0, 0.05) is 23.1 Å². The normalized spacial score (nSPS) is 16.0. The third kappa shape index (κ3) is 4.66. The molecule has 0 spiro atoms. The third-order valence-corrected chi connectivity index (χ3v) is 11.6. The summed E-state index contributed by atoms with van der Waals surface area (Å²) in [6, 6.07) is 17.9. The lowest BCUT2D eigenvalue weighted by Gasteiger charge is -2.37. The van der Waals surface area contributed by atoms with Crippen LogP contribution < -0.4 is 9.92 Å². The van der Waals surface area contributed by atoms with Crippen LogP contribution in [0.25, 0.3) is 11.8 Å². The number of hydrogen-bond donors (Lipinski definition) is 0. The highest BCUT2D eigenvalue weighted by atomic mass is 28.3. The molecule has 0 saturated carbocycles. The van der Waals surface area contributed by atoms with E-state index in [4.69, 9.17) is 4.74 Å². The summed E-state index contributed by atoms with van der Waals surface area (Å²) in [6.45, 7) is 25.7. The molecule has 1 unspecified atom stereocenters. The monoisotopic (exact) mass is 497 g/mol. The summed E-state index contributed by atoms with van der Waals surface area (Å²) in [5.41, 5.74) is 8.54. The van der Waals surface area contributed by atoms with E-state index in [1.807, 2.05) is 6.08 Å². The van der Waals surface area contributed by atoms with Gasteiger partial charge in [0.05, 0.1) is 8.07 Å². The Hall–Kier alpha value is -2.78. The minimum atomic E-state index is -2.10. The van der Waals surface area contributed by atoms with Gasteiger partial charge in [-0.2, -0.15) is 0 Å². The summed E-state index contributed by atoms with van der Waals surface area (Å²) in [6.07, 6.45) is 6.51. The van der Waals surface area contributed by atoms with Crippen LogP contribution in [0.15, 0.2) is 73.0 Å². The standard InChI is InChI=1S/C33H43NOSi/c1-11-19-35-30-27(33(6,7)8)21-24(32(3,4)5)22-29(30)36(9,10)31-23(2)20-28-26(31)17-18-34(28)25-15-13-12-14-16-25/h11-18,20-22,31H,1,19H2,2-10H3. The van der Waals surface area contributed by atoms with Crippen LogP contribution in [-0.4, -0.2) is 19.2 Å². The molecule has 1 aliphatic carbocycles. The van der Waals surface area contributed by atoms with E-state index in [2.05, 4.69) is 134 Å². The van der Waals surface area contributed by atoms with Gasteiger partial charge < -0.3 is 9.30 Å². The number of aromatic nitrogens is 1. The molecule has 3 aromatic rings. The molecular weight excluding hydrogens is 454 g/mol. The second-order valence-corrected chi connectivity index (χ2v) is 17.5. The molecular formula is C33H43NOSi. The quantitative estimate of drug-likeness (QED) is 0.247. The van der Waals surface area contributed by atoms with Crippen molar-refractivity contribution >= 4 is 19.3 Å². The number of fused-ring (bicyclic) bond motifs is 1. The molecule has 36 heavy (non-hydrogen) atoms. The molecule has 1 aromatic heterocycles. The molecule has 0 bridgehead atoms. The average Bonchev–Trinajstić information content (AvgIpc) is 3.34. The van der Waals surface area contributed by atoms with Crippen molar-refractivity contribution in [2.45, 2.75) is 77.9 Å². The van der Waals surface area contributed by atoms with Gasteiger partial charge in [-0.15, -0.1) is 0 Å². The predicted octanol–water partition coefficient (Wildman–Crippen LogP) is 8.29. The molecule has 0 fully saturated rings. The van der Waals surface area contributed by atoms with Gasteiger partial charge in [0.2, 0.25) is 0 Å². The molecule has 1 atom stereocenters. The number of para-hydroxylation sites is 1. The van der Waals surface area contributed by atoms with Crippen molar-refractivity contribution in [1.82, 2.24) is 4.57 Å². The molecule has 4 rings (SSSR count). The highest BCUT2D eigenvalue weighted by molar-refractivity contribution is 6.92. The number of ether oxygens (including phenoxy) is 1. The fourth-order valence-corrected chi connectivity index (χ4v) is 9.60. The van der Waals surface area contributed by atoms with Crippen LogP contribution in [0.3, 0.4) is 0 Å². The van der Waals surface area contributed by atoms with Crippen LogP contribution >= 0.6 is 0 Å². The molecule has 3 heteroatoms. The lowest BCUT2D eigenvalue weighted by molar-refractivity contribution is 0.353. The number of allylic oxidation sites excluding steroid dienone is 1. The smallest absolute Gasteiger partial charge is 0.122 e.